The SMILES string of the molecule is c1ccc2cc(-c3nc(-c4ccc(-c5ccc(-c6nc7ccccc7o6)cc5)cc4)c4ccccc4n3)ccc2c1. The predicted molar refractivity (Wildman–Crippen MR) is 166 cm³/mol. The lowest BCUT2D eigenvalue weighted by Crippen LogP contribution is -1.95. The van der Waals surface area contributed by atoms with Crippen LogP contribution in [0.4, 0.5) is 0 Å². The summed E-state index contributed by atoms with van der Waals surface area (Å²) < 4.78 is 5.94. The van der Waals surface area contributed by atoms with Crippen LogP contribution in [0, 0.1) is 0 Å². The molecule has 8 rings (SSSR count). The average Bonchev–Trinajstić information content (AvgIpc) is 3.49. The van der Waals surface area contributed by atoms with E-state index in [0.29, 0.717) is 5.89 Å². The summed E-state index contributed by atoms with van der Waals surface area (Å²) in [5.41, 5.74) is 8.79. The molecule has 0 unspecified atom stereocenters. The fraction of sp³-hybridized carbons (Fsp3) is 0. The molecule has 0 saturated carbocycles. The molecule has 192 valence electrons. The molecule has 0 aliphatic carbocycles. The number of aromatic nitrogens is 3. The second-order valence-electron chi connectivity index (χ2n) is 10.1. The zero-order valence-electron chi connectivity index (χ0n) is 22.0. The van der Waals surface area contributed by atoms with E-state index < -0.39 is 0 Å². The predicted octanol–water partition coefficient (Wildman–Crippen LogP) is 9.59. The molecule has 0 bridgehead atoms. The van der Waals surface area contributed by atoms with Crippen molar-refractivity contribution >= 4 is 32.8 Å². The smallest absolute Gasteiger partial charge is 0.227 e. The Morgan fingerprint density at radius 3 is 1.80 bits per heavy atom. The lowest BCUT2D eigenvalue weighted by atomic mass is 10.00. The summed E-state index contributed by atoms with van der Waals surface area (Å²) in [5.74, 6) is 1.36. The van der Waals surface area contributed by atoms with E-state index in [-0.39, 0.29) is 0 Å². The van der Waals surface area contributed by atoms with Crippen LogP contribution in [-0.2, 0) is 0 Å². The molecule has 0 aliphatic rings. The first-order valence-electron chi connectivity index (χ1n) is 13.6. The molecule has 0 amide bonds. The zero-order chi connectivity index (χ0) is 27.2. The first kappa shape index (κ1) is 23.3. The third-order valence-corrected chi connectivity index (χ3v) is 7.53. The largest absolute Gasteiger partial charge is 0.436 e. The van der Waals surface area contributed by atoms with Gasteiger partial charge >= 0.3 is 0 Å². The van der Waals surface area contributed by atoms with E-state index in [1.807, 2.05) is 36.4 Å². The minimum atomic E-state index is 0.631. The Balaban J connectivity index is 1.14. The van der Waals surface area contributed by atoms with Crippen molar-refractivity contribution in [3.63, 3.8) is 0 Å². The van der Waals surface area contributed by atoms with Crippen LogP contribution in [0.1, 0.15) is 0 Å². The Bertz CT molecular complexity index is 2160. The number of rotatable bonds is 4. The summed E-state index contributed by atoms with van der Waals surface area (Å²) in [5, 5.41) is 3.41. The second-order valence-corrected chi connectivity index (χ2v) is 10.1. The van der Waals surface area contributed by atoms with Gasteiger partial charge in [0.15, 0.2) is 11.4 Å². The lowest BCUT2D eigenvalue weighted by Gasteiger charge is -2.11. The summed E-state index contributed by atoms with van der Waals surface area (Å²) in [6.07, 6.45) is 0. The monoisotopic (exact) mass is 525 g/mol. The van der Waals surface area contributed by atoms with Gasteiger partial charge in [-0.1, -0.05) is 103 Å². The van der Waals surface area contributed by atoms with Crippen LogP contribution in [0.5, 0.6) is 0 Å². The first-order chi connectivity index (χ1) is 20.3. The molecule has 0 saturated heterocycles. The van der Waals surface area contributed by atoms with Crippen LogP contribution in [0.15, 0.2) is 144 Å². The van der Waals surface area contributed by atoms with Gasteiger partial charge in [0.1, 0.15) is 5.52 Å². The maximum atomic E-state index is 5.94. The minimum Gasteiger partial charge on any atom is -0.436 e. The molecule has 0 radical (unpaired) electrons. The molecular formula is C37H23N3O. The van der Waals surface area contributed by atoms with E-state index in [4.69, 9.17) is 14.4 Å². The number of benzene rings is 6. The Morgan fingerprint density at radius 1 is 0.415 bits per heavy atom. The van der Waals surface area contributed by atoms with Crippen LogP contribution >= 0.6 is 0 Å². The van der Waals surface area contributed by atoms with Crippen LogP contribution < -0.4 is 0 Å². The molecule has 0 atom stereocenters. The zero-order valence-corrected chi connectivity index (χ0v) is 22.0. The number of hydrogen-bond donors (Lipinski definition) is 0. The molecule has 41 heavy (non-hydrogen) atoms. The van der Waals surface area contributed by atoms with Gasteiger partial charge in [-0.15, -0.1) is 0 Å². The molecule has 0 N–H and O–H groups in total. The maximum absolute atomic E-state index is 5.94. The van der Waals surface area contributed by atoms with Gasteiger partial charge in [0.25, 0.3) is 0 Å². The van der Waals surface area contributed by atoms with Crippen molar-refractivity contribution in [2.45, 2.75) is 0 Å². The van der Waals surface area contributed by atoms with Gasteiger partial charge in [-0.25, -0.2) is 15.0 Å². The fourth-order valence-electron chi connectivity index (χ4n) is 5.38. The van der Waals surface area contributed by atoms with Crippen molar-refractivity contribution < 1.29 is 4.42 Å². The van der Waals surface area contributed by atoms with Gasteiger partial charge in [0.2, 0.25) is 5.89 Å². The normalized spacial score (nSPS) is 11.4. The van der Waals surface area contributed by atoms with Gasteiger partial charge in [0.05, 0.1) is 11.2 Å². The highest BCUT2D eigenvalue weighted by Gasteiger charge is 2.13. The van der Waals surface area contributed by atoms with Crippen molar-refractivity contribution in [3.8, 4) is 45.2 Å². The third-order valence-electron chi connectivity index (χ3n) is 7.53. The van der Waals surface area contributed by atoms with Gasteiger partial charge in [-0.3, -0.25) is 0 Å². The minimum absolute atomic E-state index is 0.631. The highest BCUT2D eigenvalue weighted by molar-refractivity contribution is 5.94. The molecule has 6 aromatic carbocycles. The average molecular weight is 526 g/mol. The Morgan fingerprint density at radius 2 is 1.02 bits per heavy atom. The molecular weight excluding hydrogens is 502 g/mol. The standard InChI is InChI=1S/C37H23N3O/c1-2-8-29-23-30(22-17-24(29)7-1)36-38-32-10-4-3-9-31(32)35(40-36)27-18-13-25(14-19-27)26-15-20-28(21-16-26)37-39-33-11-5-6-12-34(33)41-37/h1-23H. The van der Waals surface area contributed by atoms with E-state index in [1.54, 1.807) is 0 Å². The van der Waals surface area contributed by atoms with Gasteiger partial charge in [0, 0.05) is 22.1 Å². The van der Waals surface area contributed by atoms with Crippen LogP contribution in [0.3, 0.4) is 0 Å². The number of hydrogen-bond acceptors (Lipinski definition) is 4. The van der Waals surface area contributed by atoms with Crippen LogP contribution in [-0.4, -0.2) is 15.0 Å². The van der Waals surface area contributed by atoms with E-state index in [9.17, 15) is 0 Å². The topological polar surface area (TPSA) is 51.8 Å². The number of oxazole rings is 1. The highest BCUT2D eigenvalue weighted by Crippen LogP contribution is 2.32. The van der Waals surface area contributed by atoms with Crippen molar-refractivity contribution in [2.24, 2.45) is 0 Å². The highest BCUT2D eigenvalue weighted by atomic mass is 16.3. The fourth-order valence-corrected chi connectivity index (χ4v) is 5.38. The van der Waals surface area contributed by atoms with Gasteiger partial charge in [-0.05, 0) is 58.3 Å². The van der Waals surface area contributed by atoms with Crippen LogP contribution in [0.25, 0.3) is 78.0 Å². The molecule has 2 heterocycles. The molecule has 4 nitrogen and oxygen atoms in total. The molecule has 4 heteroatoms. The second kappa shape index (κ2) is 9.54. The first-order valence-corrected chi connectivity index (χ1v) is 13.6. The number of para-hydroxylation sites is 3. The van der Waals surface area contributed by atoms with Crippen molar-refractivity contribution in [3.05, 3.63) is 140 Å². The van der Waals surface area contributed by atoms with Crippen LogP contribution in [0.2, 0.25) is 0 Å². The van der Waals surface area contributed by atoms with Crippen molar-refractivity contribution in [1.29, 1.82) is 0 Å². The number of nitrogens with zero attached hydrogens (tertiary/aromatic N) is 3. The molecule has 0 aliphatic heterocycles. The van der Waals surface area contributed by atoms with Crippen molar-refractivity contribution in [2.75, 3.05) is 0 Å². The number of fused-ring (bicyclic) bond motifs is 3. The van der Waals surface area contributed by atoms with Crippen molar-refractivity contribution in [1.82, 2.24) is 15.0 Å². The molecule has 8 aromatic rings. The molecule has 0 fully saturated rings. The van der Waals surface area contributed by atoms with Gasteiger partial charge in [-0.2, -0.15) is 0 Å². The Labute approximate surface area is 236 Å². The Kier molecular flexibility index (Phi) is 5.42. The quantitative estimate of drug-likeness (QED) is 0.230. The molecule has 0 spiro atoms. The van der Waals surface area contributed by atoms with E-state index >= 15 is 0 Å². The lowest BCUT2D eigenvalue weighted by molar-refractivity contribution is 0.620. The summed E-state index contributed by atoms with van der Waals surface area (Å²) in [6.45, 7) is 0. The third kappa shape index (κ3) is 4.23. The molecule has 2 aromatic heterocycles. The maximum Gasteiger partial charge on any atom is 0.227 e. The van der Waals surface area contributed by atoms with E-state index in [0.717, 1.165) is 61.3 Å². The van der Waals surface area contributed by atoms with E-state index in [2.05, 4.69) is 108 Å². The van der Waals surface area contributed by atoms with Gasteiger partial charge < -0.3 is 4.42 Å². The summed E-state index contributed by atoms with van der Waals surface area (Å²) >= 11 is 0. The summed E-state index contributed by atoms with van der Waals surface area (Å²) in [4.78, 5) is 14.6. The Hall–Kier alpha value is -5.61. The summed E-state index contributed by atoms with van der Waals surface area (Å²) in [7, 11) is 0. The van der Waals surface area contributed by atoms with E-state index in [1.165, 1.54) is 10.8 Å². The summed E-state index contributed by atoms with van der Waals surface area (Å²) in [6, 6.07) is 47.7.